The highest BCUT2D eigenvalue weighted by Gasteiger charge is 2.19. The predicted octanol–water partition coefficient (Wildman–Crippen LogP) is 2.81. The summed E-state index contributed by atoms with van der Waals surface area (Å²) in [6.07, 6.45) is 1.56. The first-order valence-electron chi connectivity index (χ1n) is 8.13. The summed E-state index contributed by atoms with van der Waals surface area (Å²) in [4.78, 5) is 30.3. The van der Waals surface area contributed by atoms with E-state index in [0.717, 1.165) is 16.8 Å². The highest BCUT2D eigenvalue weighted by molar-refractivity contribution is 6.00. The first kappa shape index (κ1) is 18.4. The SMILES string of the molecule is CCOc1ncccc1C(=O)N(C)CC(=O)Nc1cccc(C)c1C. The smallest absolute Gasteiger partial charge is 0.259 e. The van der Waals surface area contributed by atoms with Crippen molar-refractivity contribution in [3.05, 3.63) is 53.2 Å². The first-order valence-corrected chi connectivity index (χ1v) is 8.13. The molecule has 2 rings (SSSR count). The van der Waals surface area contributed by atoms with Crippen LogP contribution in [0, 0.1) is 13.8 Å². The molecular weight excluding hydrogens is 318 g/mol. The second-order valence-corrected chi connectivity index (χ2v) is 5.75. The molecule has 0 atom stereocenters. The molecule has 0 aliphatic heterocycles. The summed E-state index contributed by atoms with van der Waals surface area (Å²) >= 11 is 0. The van der Waals surface area contributed by atoms with Crippen LogP contribution in [0.1, 0.15) is 28.4 Å². The number of anilines is 1. The summed E-state index contributed by atoms with van der Waals surface area (Å²) in [5.41, 5.74) is 3.20. The van der Waals surface area contributed by atoms with Gasteiger partial charge in [0.05, 0.1) is 13.2 Å². The molecule has 0 aliphatic rings. The molecule has 2 amide bonds. The number of aromatic nitrogens is 1. The number of amides is 2. The van der Waals surface area contributed by atoms with Gasteiger partial charge in [0.1, 0.15) is 5.56 Å². The van der Waals surface area contributed by atoms with Crippen LogP contribution in [-0.2, 0) is 4.79 Å². The predicted molar refractivity (Wildman–Crippen MR) is 96.9 cm³/mol. The number of nitrogens with one attached hydrogen (secondary N) is 1. The van der Waals surface area contributed by atoms with Crippen LogP contribution in [-0.4, -0.2) is 41.9 Å². The average Bonchev–Trinajstić information content (AvgIpc) is 2.59. The molecule has 132 valence electrons. The van der Waals surface area contributed by atoms with Crippen LogP contribution in [0.25, 0.3) is 0 Å². The van der Waals surface area contributed by atoms with Crippen LogP contribution < -0.4 is 10.1 Å². The molecule has 25 heavy (non-hydrogen) atoms. The molecule has 0 fully saturated rings. The van der Waals surface area contributed by atoms with Gasteiger partial charge in [-0.2, -0.15) is 0 Å². The zero-order chi connectivity index (χ0) is 18.4. The Hall–Kier alpha value is -2.89. The Kier molecular flexibility index (Phi) is 6.11. The molecule has 6 nitrogen and oxygen atoms in total. The summed E-state index contributed by atoms with van der Waals surface area (Å²) in [7, 11) is 1.58. The lowest BCUT2D eigenvalue weighted by atomic mass is 10.1. The standard InChI is InChI=1S/C19H23N3O3/c1-5-25-18-15(9-7-11-20-18)19(24)22(4)12-17(23)21-16-10-6-8-13(2)14(16)3/h6-11H,5,12H2,1-4H3,(H,21,23). The molecule has 1 heterocycles. The molecule has 2 aromatic rings. The second-order valence-electron chi connectivity index (χ2n) is 5.75. The minimum atomic E-state index is -0.312. The van der Waals surface area contributed by atoms with Crippen molar-refractivity contribution in [2.75, 3.05) is 25.5 Å². The lowest BCUT2D eigenvalue weighted by molar-refractivity contribution is -0.116. The molecule has 0 unspecified atom stereocenters. The van der Waals surface area contributed by atoms with Crippen LogP contribution in [0.2, 0.25) is 0 Å². The van der Waals surface area contributed by atoms with Gasteiger partial charge in [0.2, 0.25) is 11.8 Å². The summed E-state index contributed by atoms with van der Waals surface area (Å²) < 4.78 is 5.38. The monoisotopic (exact) mass is 341 g/mol. The third-order valence-electron chi connectivity index (χ3n) is 3.89. The Morgan fingerprint density at radius 1 is 1.20 bits per heavy atom. The normalized spacial score (nSPS) is 10.2. The van der Waals surface area contributed by atoms with Crippen molar-refractivity contribution < 1.29 is 14.3 Å². The molecule has 0 radical (unpaired) electrons. The van der Waals surface area contributed by atoms with Gasteiger partial charge >= 0.3 is 0 Å². The van der Waals surface area contributed by atoms with E-state index in [2.05, 4.69) is 10.3 Å². The molecule has 0 aliphatic carbocycles. The number of benzene rings is 1. The van der Waals surface area contributed by atoms with E-state index in [9.17, 15) is 9.59 Å². The maximum Gasteiger partial charge on any atom is 0.259 e. The zero-order valence-corrected chi connectivity index (χ0v) is 15.0. The van der Waals surface area contributed by atoms with Gasteiger partial charge in [0, 0.05) is 18.9 Å². The van der Waals surface area contributed by atoms with Gasteiger partial charge in [-0.1, -0.05) is 12.1 Å². The number of carbonyl (C=O) groups is 2. The molecule has 1 aromatic carbocycles. The fourth-order valence-corrected chi connectivity index (χ4v) is 2.37. The van der Waals surface area contributed by atoms with Gasteiger partial charge in [-0.25, -0.2) is 4.98 Å². The quantitative estimate of drug-likeness (QED) is 0.877. The maximum absolute atomic E-state index is 12.6. The van der Waals surface area contributed by atoms with E-state index >= 15 is 0 Å². The molecule has 1 N–H and O–H groups in total. The van der Waals surface area contributed by atoms with Crippen molar-refractivity contribution in [2.24, 2.45) is 0 Å². The van der Waals surface area contributed by atoms with Gasteiger partial charge in [-0.3, -0.25) is 9.59 Å². The molecular formula is C19H23N3O3. The minimum absolute atomic E-state index is 0.0628. The van der Waals surface area contributed by atoms with Crippen molar-refractivity contribution >= 4 is 17.5 Å². The highest BCUT2D eigenvalue weighted by atomic mass is 16.5. The van der Waals surface area contributed by atoms with E-state index in [0.29, 0.717) is 12.2 Å². The lowest BCUT2D eigenvalue weighted by Gasteiger charge is -2.18. The van der Waals surface area contributed by atoms with E-state index in [1.165, 1.54) is 4.90 Å². The number of hydrogen-bond donors (Lipinski definition) is 1. The van der Waals surface area contributed by atoms with Crippen molar-refractivity contribution in [3.8, 4) is 5.88 Å². The number of ether oxygens (including phenoxy) is 1. The number of pyridine rings is 1. The minimum Gasteiger partial charge on any atom is -0.477 e. The fraction of sp³-hybridized carbons (Fsp3) is 0.316. The van der Waals surface area contributed by atoms with Crippen LogP contribution >= 0.6 is 0 Å². The average molecular weight is 341 g/mol. The number of aryl methyl sites for hydroxylation is 1. The van der Waals surface area contributed by atoms with Crippen LogP contribution in [0.5, 0.6) is 5.88 Å². The first-order chi connectivity index (χ1) is 11.9. The summed E-state index contributed by atoms with van der Waals surface area (Å²) in [5.74, 6) is -0.296. The summed E-state index contributed by atoms with van der Waals surface area (Å²) in [6.45, 7) is 6.10. The Balaban J connectivity index is 2.06. The van der Waals surface area contributed by atoms with Crippen molar-refractivity contribution in [1.29, 1.82) is 0 Å². The molecule has 0 bridgehead atoms. The second kappa shape index (κ2) is 8.28. The number of hydrogen-bond acceptors (Lipinski definition) is 4. The van der Waals surface area contributed by atoms with E-state index in [-0.39, 0.29) is 24.2 Å². The number of rotatable bonds is 6. The van der Waals surface area contributed by atoms with Gasteiger partial charge in [-0.05, 0) is 50.1 Å². The summed E-state index contributed by atoms with van der Waals surface area (Å²) in [6, 6.07) is 9.02. The number of nitrogens with zero attached hydrogens (tertiary/aromatic N) is 2. The van der Waals surface area contributed by atoms with Crippen molar-refractivity contribution in [1.82, 2.24) is 9.88 Å². The molecule has 1 aromatic heterocycles. The Morgan fingerprint density at radius 3 is 2.68 bits per heavy atom. The van der Waals surface area contributed by atoms with E-state index in [4.69, 9.17) is 4.74 Å². The topological polar surface area (TPSA) is 71.5 Å². The third kappa shape index (κ3) is 4.56. The maximum atomic E-state index is 12.6. The fourth-order valence-electron chi connectivity index (χ4n) is 2.37. The van der Waals surface area contributed by atoms with Gasteiger partial charge in [0.25, 0.3) is 5.91 Å². The molecule has 0 saturated carbocycles. The van der Waals surface area contributed by atoms with Crippen LogP contribution in [0.3, 0.4) is 0 Å². The van der Waals surface area contributed by atoms with Crippen LogP contribution in [0.4, 0.5) is 5.69 Å². The van der Waals surface area contributed by atoms with Crippen molar-refractivity contribution in [3.63, 3.8) is 0 Å². The third-order valence-corrected chi connectivity index (χ3v) is 3.89. The van der Waals surface area contributed by atoms with E-state index in [1.54, 1.807) is 25.4 Å². The van der Waals surface area contributed by atoms with Gasteiger partial charge < -0.3 is 15.0 Å². The lowest BCUT2D eigenvalue weighted by Crippen LogP contribution is -2.35. The Labute approximate surface area is 147 Å². The summed E-state index contributed by atoms with van der Waals surface area (Å²) in [5, 5.41) is 2.85. The molecule has 6 heteroatoms. The number of likely N-dealkylation sites (N-methyl/N-ethyl adjacent to an activating group) is 1. The van der Waals surface area contributed by atoms with Crippen molar-refractivity contribution in [2.45, 2.75) is 20.8 Å². The highest BCUT2D eigenvalue weighted by Crippen LogP contribution is 2.19. The molecule has 0 spiro atoms. The Bertz CT molecular complexity index is 774. The van der Waals surface area contributed by atoms with E-state index < -0.39 is 0 Å². The van der Waals surface area contributed by atoms with Crippen LogP contribution in [0.15, 0.2) is 36.5 Å². The van der Waals surface area contributed by atoms with Gasteiger partial charge in [-0.15, -0.1) is 0 Å². The zero-order valence-electron chi connectivity index (χ0n) is 15.0. The number of carbonyl (C=O) groups excluding carboxylic acids is 2. The van der Waals surface area contributed by atoms with E-state index in [1.807, 2.05) is 39.0 Å². The van der Waals surface area contributed by atoms with Gasteiger partial charge in [0.15, 0.2) is 0 Å². The largest absolute Gasteiger partial charge is 0.477 e. The Morgan fingerprint density at radius 2 is 1.96 bits per heavy atom. The molecule has 0 saturated heterocycles.